The van der Waals surface area contributed by atoms with Gasteiger partial charge >= 0.3 is 15.6 Å². The number of carbonyl (C=O) groups is 4. The lowest BCUT2D eigenvalue weighted by molar-refractivity contribution is 0.0971. The first-order valence-electron chi connectivity index (χ1n) is 19.9. The van der Waals surface area contributed by atoms with E-state index in [-0.39, 0.29) is 164 Å². The Hall–Kier alpha value is -4.94. The highest BCUT2D eigenvalue weighted by Gasteiger charge is 2.30. The summed E-state index contributed by atoms with van der Waals surface area (Å²) < 4.78 is 36.0. The van der Waals surface area contributed by atoms with Gasteiger partial charge in [0.15, 0.2) is 23.1 Å². The van der Waals surface area contributed by atoms with Gasteiger partial charge in [0.1, 0.15) is 23.0 Å². The Balaban J connectivity index is 1.99. The molecule has 4 aromatic rings. The summed E-state index contributed by atoms with van der Waals surface area (Å²) in [5, 5.41) is 23.2. The zero-order valence-corrected chi connectivity index (χ0v) is 35.7. The average molecular weight is 865 g/mol. The van der Waals surface area contributed by atoms with Crippen LogP contribution in [0.4, 0.5) is 0 Å². The standard InChI is InChI=1S/C44H50O14P2/c1-5-9-37(46)25-13-30-21-34-17-26(38(47)10-6-2)15-32(43(34)57-59(51,52)53)19-28-23-36(45)24-29(41(28)40(49)12-8-4)20-33-16-27(39(48)11-7-3)18-35(22-31(14-25)42(30)50)44(33)58-60(54,55)56/h13-18,23-24,45,50H,5-12,19-22H2,1-4H3,(H2,51,52,53)(H2,54,55,56). The molecular weight excluding hydrogens is 814 g/mol. The van der Waals surface area contributed by atoms with Crippen molar-refractivity contribution in [2.75, 3.05) is 0 Å². The Morgan fingerprint density at radius 3 is 1.05 bits per heavy atom. The minimum absolute atomic E-state index is 0.0238. The van der Waals surface area contributed by atoms with Gasteiger partial charge in [-0.15, -0.1) is 0 Å². The van der Waals surface area contributed by atoms with Crippen LogP contribution in [0.15, 0.2) is 48.5 Å². The maximum atomic E-state index is 14.2. The molecular formula is C44H50O14P2. The van der Waals surface area contributed by atoms with Crippen LogP contribution in [0.2, 0.25) is 0 Å². The highest BCUT2D eigenvalue weighted by atomic mass is 31.2. The van der Waals surface area contributed by atoms with Gasteiger partial charge in [-0.2, -0.15) is 0 Å². The Bertz CT molecular complexity index is 2300. The molecule has 320 valence electrons. The lowest BCUT2D eigenvalue weighted by Crippen LogP contribution is -2.13. The number of aromatic hydroxyl groups is 2. The number of rotatable bonds is 16. The summed E-state index contributed by atoms with van der Waals surface area (Å²) >= 11 is 0. The summed E-state index contributed by atoms with van der Waals surface area (Å²) in [6.45, 7) is 7.20. The Kier molecular flexibility index (Phi) is 14.8. The fourth-order valence-corrected chi connectivity index (χ4v) is 8.64. The molecule has 0 atom stereocenters. The molecule has 60 heavy (non-hydrogen) atoms. The first-order valence-corrected chi connectivity index (χ1v) is 23.0. The van der Waals surface area contributed by atoms with E-state index in [4.69, 9.17) is 9.05 Å². The van der Waals surface area contributed by atoms with Gasteiger partial charge < -0.3 is 19.3 Å². The summed E-state index contributed by atoms with van der Waals surface area (Å²) in [4.78, 5) is 95.7. The number of phenols is 2. The number of ketones is 4. The topological polar surface area (TPSA) is 242 Å². The normalized spacial score (nSPS) is 12.8. The highest BCUT2D eigenvalue weighted by molar-refractivity contribution is 7.47. The Morgan fingerprint density at radius 1 is 0.467 bits per heavy atom. The summed E-state index contributed by atoms with van der Waals surface area (Å²) in [7, 11) is -10.7. The molecule has 1 aliphatic rings. The van der Waals surface area contributed by atoms with E-state index in [2.05, 4.69) is 0 Å². The van der Waals surface area contributed by atoms with E-state index in [1.54, 1.807) is 13.8 Å². The number of benzene rings is 4. The van der Waals surface area contributed by atoms with Crippen molar-refractivity contribution >= 4 is 38.8 Å². The summed E-state index contributed by atoms with van der Waals surface area (Å²) in [5.74, 6) is -2.71. The maximum absolute atomic E-state index is 14.2. The Labute approximate surface area is 348 Å². The summed E-state index contributed by atoms with van der Waals surface area (Å²) in [6, 6.07) is 11.0. The molecule has 5 rings (SSSR count). The van der Waals surface area contributed by atoms with Crippen LogP contribution in [0, 0.1) is 0 Å². The van der Waals surface area contributed by atoms with Crippen LogP contribution in [0.3, 0.4) is 0 Å². The molecule has 6 N–H and O–H groups in total. The van der Waals surface area contributed by atoms with Gasteiger partial charge in [-0.05, 0) is 96.5 Å². The molecule has 4 aromatic carbocycles. The number of hydrogen-bond acceptors (Lipinski definition) is 10. The van der Waals surface area contributed by atoms with Crippen molar-refractivity contribution in [2.24, 2.45) is 0 Å². The van der Waals surface area contributed by atoms with Gasteiger partial charge in [0.25, 0.3) is 0 Å². The molecule has 1 aliphatic carbocycles. The SMILES string of the molecule is CCCC(=O)c1cc2c(O)c(c1)Cc1cc(C(=O)CCC)cc(c1OP(=O)(O)O)Cc1cc(O)cc(c1C(=O)CCC)Cc1cc(C(=O)CCC)cc(c1OP(=O)(O)O)C2. The number of fused-ring (bicyclic) bond motifs is 8. The first kappa shape index (κ1) is 46.1. The molecule has 0 aliphatic heterocycles. The van der Waals surface area contributed by atoms with E-state index in [1.165, 1.54) is 48.5 Å². The number of Topliss-reactive ketones (excluding diaryl/α,β-unsaturated/α-hetero) is 4. The largest absolute Gasteiger partial charge is 0.524 e. The van der Waals surface area contributed by atoms with Gasteiger partial charge in [-0.1, -0.05) is 27.7 Å². The van der Waals surface area contributed by atoms with Crippen molar-refractivity contribution in [1.29, 1.82) is 0 Å². The van der Waals surface area contributed by atoms with E-state index in [9.17, 15) is 58.1 Å². The lowest BCUT2D eigenvalue weighted by atomic mass is 9.85. The van der Waals surface area contributed by atoms with E-state index in [0.717, 1.165) is 0 Å². The molecule has 0 spiro atoms. The van der Waals surface area contributed by atoms with Crippen LogP contribution >= 0.6 is 15.6 Å². The van der Waals surface area contributed by atoms with Crippen molar-refractivity contribution < 1.29 is 67.1 Å². The predicted molar refractivity (Wildman–Crippen MR) is 223 cm³/mol. The third-order valence-electron chi connectivity index (χ3n) is 10.1. The van der Waals surface area contributed by atoms with Crippen LogP contribution < -0.4 is 9.05 Å². The predicted octanol–water partition coefficient (Wildman–Crippen LogP) is 8.65. The zero-order chi connectivity index (χ0) is 44.1. The van der Waals surface area contributed by atoms with Crippen LogP contribution in [0.5, 0.6) is 23.0 Å². The van der Waals surface area contributed by atoms with E-state index < -0.39 is 15.6 Å². The number of phosphoric acid groups is 2. The van der Waals surface area contributed by atoms with Gasteiger partial charge in [-0.3, -0.25) is 38.8 Å². The van der Waals surface area contributed by atoms with Crippen LogP contribution in [-0.2, 0) is 34.8 Å². The maximum Gasteiger partial charge on any atom is 0.524 e. The van der Waals surface area contributed by atoms with Crippen molar-refractivity contribution in [3.05, 3.63) is 115 Å². The van der Waals surface area contributed by atoms with E-state index >= 15 is 0 Å². The summed E-state index contributed by atoms with van der Waals surface area (Å²) in [5.41, 5.74) is 1.25. The number of hydrogen-bond donors (Lipinski definition) is 6. The molecule has 14 nitrogen and oxygen atoms in total. The van der Waals surface area contributed by atoms with E-state index in [0.29, 0.717) is 25.7 Å². The van der Waals surface area contributed by atoms with Crippen molar-refractivity contribution in [1.82, 2.24) is 0 Å². The van der Waals surface area contributed by atoms with E-state index in [1.807, 2.05) is 13.8 Å². The molecule has 0 amide bonds. The van der Waals surface area contributed by atoms with Crippen LogP contribution in [0.25, 0.3) is 0 Å². The average Bonchev–Trinajstić information content (AvgIpc) is 3.14. The third kappa shape index (κ3) is 11.3. The molecule has 0 saturated heterocycles. The third-order valence-corrected chi connectivity index (χ3v) is 11.0. The van der Waals surface area contributed by atoms with Gasteiger partial charge in [0.2, 0.25) is 0 Å². The quantitative estimate of drug-likeness (QED) is 0.0402. The first-order chi connectivity index (χ1) is 28.2. The number of phenolic OH excluding ortho intramolecular Hbond substituents is 2. The van der Waals surface area contributed by atoms with Crippen LogP contribution in [0.1, 0.15) is 165 Å². The molecule has 0 aromatic heterocycles. The highest BCUT2D eigenvalue weighted by Crippen LogP contribution is 2.47. The molecule has 0 unspecified atom stereocenters. The number of carbonyl (C=O) groups excluding carboxylic acids is 4. The van der Waals surface area contributed by atoms with Gasteiger partial charge in [0, 0.05) is 95.9 Å². The fourth-order valence-electron chi connectivity index (χ4n) is 7.69. The zero-order valence-electron chi connectivity index (χ0n) is 33.9. The molecule has 0 fully saturated rings. The molecule has 16 heteroatoms. The second-order valence-electron chi connectivity index (χ2n) is 15.1. The minimum atomic E-state index is -5.33. The fraction of sp³-hybridized carbons (Fsp3) is 0.364. The minimum Gasteiger partial charge on any atom is -0.508 e. The van der Waals surface area contributed by atoms with Gasteiger partial charge in [-0.25, -0.2) is 9.13 Å². The smallest absolute Gasteiger partial charge is 0.508 e. The van der Waals surface area contributed by atoms with Crippen LogP contribution in [-0.4, -0.2) is 52.9 Å². The Morgan fingerprint density at radius 2 is 0.750 bits per heavy atom. The second-order valence-corrected chi connectivity index (χ2v) is 17.4. The van der Waals surface area contributed by atoms with Crippen molar-refractivity contribution in [2.45, 2.75) is 105 Å². The lowest BCUT2D eigenvalue weighted by Gasteiger charge is -2.23. The molecule has 0 radical (unpaired) electrons. The molecule has 0 heterocycles. The number of phosphoric ester groups is 2. The van der Waals surface area contributed by atoms with Crippen molar-refractivity contribution in [3.8, 4) is 23.0 Å². The monoisotopic (exact) mass is 864 g/mol. The van der Waals surface area contributed by atoms with Crippen molar-refractivity contribution in [3.63, 3.8) is 0 Å². The second kappa shape index (κ2) is 19.2. The molecule has 8 bridgehead atoms. The summed E-state index contributed by atoms with van der Waals surface area (Å²) in [6.07, 6.45) is 0.855. The van der Waals surface area contributed by atoms with Gasteiger partial charge in [0.05, 0.1) is 0 Å². The molecule has 0 saturated carbocycles.